The van der Waals surface area contributed by atoms with Gasteiger partial charge in [0.15, 0.2) is 0 Å². The molecule has 1 amide bonds. The minimum absolute atomic E-state index is 0.0304. The summed E-state index contributed by atoms with van der Waals surface area (Å²) in [5.41, 5.74) is 1.02. The summed E-state index contributed by atoms with van der Waals surface area (Å²) in [4.78, 5) is 26.8. The van der Waals surface area contributed by atoms with Crippen molar-refractivity contribution >= 4 is 11.9 Å². The van der Waals surface area contributed by atoms with Crippen molar-refractivity contribution in [3.63, 3.8) is 0 Å². The molecule has 8 heteroatoms. The maximum absolute atomic E-state index is 13.4. The van der Waals surface area contributed by atoms with Crippen molar-refractivity contribution < 1.29 is 24.2 Å². The average Bonchev–Trinajstić information content (AvgIpc) is 3.42. The predicted octanol–water partition coefficient (Wildman–Crippen LogP) is 3.51. The van der Waals surface area contributed by atoms with E-state index in [1.807, 2.05) is 55.5 Å². The molecule has 34 heavy (non-hydrogen) atoms. The highest BCUT2D eigenvalue weighted by Gasteiger charge is 2.57. The van der Waals surface area contributed by atoms with Gasteiger partial charge in [0.1, 0.15) is 11.4 Å². The van der Waals surface area contributed by atoms with Crippen molar-refractivity contribution in [1.82, 2.24) is 14.7 Å². The lowest BCUT2D eigenvalue weighted by molar-refractivity contribution is -0.180. The monoisotopic (exact) mass is 467 g/mol. The number of hydrogen-bond acceptors (Lipinski definition) is 5. The van der Waals surface area contributed by atoms with Gasteiger partial charge < -0.3 is 19.5 Å². The number of carbonyl (C=O) groups is 2. The molecule has 0 saturated carbocycles. The lowest BCUT2D eigenvalue weighted by Gasteiger charge is -2.54. The van der Waals surface area contributed by atoms with Gasteiger partial charge >= 0.3 is 5.97 Å². The number of carboxylic acid groups (broad SMARTS) is 1. The SMILES string of the molecule is Cn1cc(CCC(=O)N2CCC[C@]23CO[C@H]2c4ccccc4O[C@@](C)(CCC(=O)O)[C@@H]2C3)cn1. The summed E-state index contributed by atoms with van der Waals surface area (Å²) in [6.07, 6.45) is 7.72. The minimum Gasteiger partial charge on any atom is -0.487 e. The first-order valence-corrected chi connectivity index (χ1v) is 12.2. The molecule has 2 aromatic rings. The van der Waals surface area contributed by atoms with Crippen molar-refractivity contribution in [2.24, 2.45) is 13.0 Å². The van der Waals surface area contributed by atoms with Crippen LogP contribution in [0.2, 0.25) is 0 Å². The first-order valence-electron chi connectivity index (χ1n) is 12.2. The van der Waals surface area contributed by atoms with Gasteiger partial charge in [0, 0.05) is 44.1 Å². The smallest absolute Gasteiger partial charge is 0.303 e. The van der Waals surface area contributed by atoms with Gasteiger partial charge in [-0.15, -0.1) is 0 Å². The number of hydrogen-bond donors (Lipinski definition) is 1. The Kier molecular flexibility index (Phi) is 5.88. The van der Waals surface area contributed by atoms with Crippen molar-refractivity contribution in [2.75, 3.05) is 13.2 Å². The number of carboxylic acids is 1. The zero-order valence-corrected chi connectivity index (χ0v) is 19.9. The number of nitrogens with zero attached hydrogens (tertiary/aromatic N) is 3. The first-order chi connectivity index (χ1) is 16.3. The molecule has 0 unspecified atom stereocenters. The topological polar surface area (TPSA) is 93.9 Å². The van der Waals surface area contributed by atoms with E-state index in [1.54, 1.807) is 4.68 Å². The number of fused-ring (bicyclic) bond motifs is 3. The average molecular weight is 468 g/mol. The number of likely N-dealkylation sites (tertiary alicyclic amines) is 1. The van der Waals surface area contributed by atoms with Crippen LogP contribution in [0.4, 0.5) is 0 Å². The highest BCUT2D eigenvalue weighted by Crippen LogP contribution is 2.55. The van der Waals surface area contributed by atoms with Crippen LogP contribution in [-0.2, 0) is 27.8 Å². The molecule has 1 spiro atoms. The fourth-order valence-electron chi connectivity index (χ4n) is 6.18. The zero-order valence-electron chi connectivity index (χ0n) is 19.9. The minimum atomic E-state index is -0.834. The molecule has 4 atom stereocenters. The molecule has 8 nitrogen and oxygen atoms in total. The van der Waals surface area contributed by atoms with Gasteiger partial charge in [-0.2, -0.15) is 5.10 Å². The molecular formula is C26H33N3O5. The number of benzene rings is 1. The number of aryl methyl sites for hydroxylation is 2. The van der Waals surface area contributed by atoms with Crippen molar-refractivity contribution in [2.45, 2.75) is 69.1 Å². The van der Waals surface area contributed by atoms with E-state index in [4.69, 9.17) is 9.47 Å². The maximum atomic E-state index is 13.4. The van der Waals surface area contributed by atoms with Gasteiger partial charge in [-0.25, -0.2) is 0 Å². The summed E-state index contributed by atoms with van der Waals surface area (Å²) in [5, 5.41) is 13.6. The summed E-state index contributed by atoms with van der Waals surface area (Å²) >= 11 is 0. The van der Waals surface area contributed by atoms with E-state index in [9.17, 15) is 14.7 Å². The Morgan fingerprint density at radius 1 is 1.26 bits per heavy atom. The number of rotatable bonds is 6. The molecule has 1 aromatic carbocycles. The Bertz CT molecular complexity index is 1080. The second-order valence-electron chi connectivity index (χ2n) is 10.3. The van der Waals surface area contributed by atoms with E-state index in [1.165, 1.54) is 0 Å². The van der Waals surface area contributed by atoms with Crippen LogP contribution in [0, 0.1) is 5.92 Å². The van der Waals surface area contributed by atoms with E-state index in [2.05, 4.69) is 5.10 Å². The van der Waals surface area contributed by atoms with Gasteiger partial charge in [0.25, 0.3) is 0 Å². The molecule has 3 aliphatic rings. The fraction of sp³-hybridized carbons (Fsp3) is 0.577. The summed E-state index contributed by atoms with van der Waals surface area (Å²) < 4.78 is 14.8. The number of ether oxygens (including phenoxy) is 2. The maximum Gasteiger partial charge on any atom is 0.303 e. The molecule has 2 saturated heterocycles. The highest BCUT2D eigenvalue weighted by atomic mass is 16.5. The Hall–Kier alpha value is -2.87. The van der Waals surface area contributed by atoms with Crippen LogP contribution in [-0.4, -0.2) is 56.0 Å². The van der Waals surface area contributed by atoms with E-state index >= 15 is 0 Å². The van der Waals surface area contributed by atoms with E-state index in [0.29, 0.717) is 25.9 Å². The van der Waals surface area contributed by atoms with Crippen LogP contribution >= 0.6 is 0 Å². The third-order valence-corrected chi connectivity index (χ3v) is 7.97. The van der Waals surface area contributed by atoms with Gasteiger partial charge in [-0.05, 0) is 50.7 Å². The fourth-order valence-corrected chi connectivity index (χ4v) is 6.18. The lowest BCUT2D eigenvalue weighted by Crippen LogP contribution is -2.60. The van der Waals surface area contributed by atoms with Crippen LogP contribution < -0.4 is 4.74 Å². The largest absolute Gasteiger partial charge is 0.487 e. The third-order valence-electron chi connectivity index (χ3n) is 7.97. The quantitative estimate of drug-likeness (QED) is 0.699. The van der Waals surface area contributed by atoms with Crippen molar-refractivity contribution in [1.29, 1.82) is 0 Å². The Labute approximate surface area is 199 Å². The van der Waals surface area contributed by atoms with Crippen LogP contribution in [0.25, 0.3) is 0 Å². The molecule has 182 valence electrons. The molecule has 0 aliphatic carbocycles. The Morgan fingerprint density at radius 3 is 2.85 bits per heavy atom. The molecule has 4 heterocycles. The van der Waals surface area contributed by atoms with Gasteiger partial charge in [-0.3, -0.25) is 14.3 Å². The third kappa shape index (κ3) is 4.08. The van der Waals surface area contributed by atoms with Gasteiger partial charge in [-0.1, -0.05) is 18.2 Å². The lowest BCUT2D eigenvalue weighted by atomic mass is 9.68. The second kappa shape index (κ2) is 8.73. The predicted molar refractivity (Wildman–Crippen MR) is 124 cm³/mol. The highest BCUT2D eigenvalue weighted by molar-refractivity contribution is 5.77. The molecule has 1 aromatic heterocycles. The van der Waals surface area contributed by atoms with E-state index in [-0.39, 0.29) is 29.9 Å². The summed E-state index contributed by atoms with van der Waals surface area (Å²) in [5.74, 6) is 0.0400. The number of para-hydroxylation sites is 1. The second-order valence-corrected chi connectivity index (χ2v) is 10.3. The van der Waals surface area contributed by atoms with Crippen LogP contribution in [0.1, 0.15) is 62.7 Å². The van der Waals surface area contributed by atoms with Gasteiger partial charge in [0.2, 0.25) is 5.91 Å². The molecule has 1 N–H and O–H groups in total. The van der Waals surface area contributed by atoms with E-state index in [0.717, 1.165) is 42.7 Å². The van der Waals surface area contributed by atoms with E-state index < -0.39 is 11.6 Å². The molecule has 5 rings (SSSR count). The van der Waals surface area contributed by atoms with Crippen LogP contribution in [0.15, 0.2) is 36.7 Å². The van der Waals surface area contributed by atoms with Crippen LogP contribution in [0.5, 0.6) is 5.75 Å². The summed E-state index contributed by atoms with van der Waals surface area (Å²) in [6.45, 7) is 3.24. The molecule has 2 fully saturated rings. The first kappa shape index (κ1) is 22.9. The Morgan fingerprint density at radius 2 is 2.09 bits per heavy atom. The van der Waals surface area contributed by atoms with Crippen molar-refractivity contribution in [3.8, 4) is 5.75 Å². The molecule has 0 radical (unpaired) electrons. The zero-order chi connectivity index (χ0) is 23.9. The van der Waals surface area contributed by atoms with Crippen LogP contribution in [0.3, 0.4) is 0 Å². The number of carbonyl (C=O) groups excluding carboxylic acids is 1. The normalized spacial score (nSPS) is 30.0. The molecular weight excluding hydrogens is 434 g/mol. The summed E-state index contributed by atoms with van der Waals surface area (Å²) in [7, 11) is 1.88. The Balaban J connectivity index is 1.39. The molecule has 0 bridgehead atoms. The number of aliphatic carboxylic acids is 1. The van der Waals surface area contributed by atoms with Crippen molar-refractivity contribution in [3.05, 3.63) is 47.8 Å². The standard InChI is InChI=1S/C26H33N3O5/c1-25(12-10-23(31)32)20-14-26(17-33-24(20)19-6-3-4-7-21(19)34-25)11-5-13-29(26)22(30)9-8-18-15-27-28(2)16-18/h3-4,6-7,15-16,20,24H,5,8-14,17H2,1-2H3,(H,31,32)/t20-,24+,25+,26+/m1/s1. The number of amides is 1. The molecule has 3 aliphatic heterocycles. The summed E-state index contributed by atoms with van der Waals surface area (Å²) in [6, 6.07) is 7.88. The number of aromatic nitrogens is 2. The van der Waals surface area contributed by atoms with Gasteiger partial charge in [0.05, 0.1) is 24.4 Å².